The molecule has 0 spiro atoms. The number of nitrogens with zero attached hydrogens (tertiary/aromatic N) is 4. The van der Waals surface area contributed by atoms with Gasteiger partial charge in [0.15, 0.2) is 0 Å². The molecule has 0 saturated heterocycles. The Labute approximate surface area is 113 Å². The van der Waals surface area contributed by atoms with E-state index < -0.39 is 0 Å². The third kappa shape index (κ3) is 2.55. The molecule has 0 N–H and O–H groups in total. The highest BCUT2D eigenvalue weighted by Gasteiger charge is 2.19. The molecule has 0 unspecified atom stereocenters. The van der Waals surface area contributed by atoms with Crippen LogP contribution in [0.1, 0.15) is 60.7 Å². The fraction of sp³-hybridized carbons (Fsp3) is 0.643. The lowest BCUT2D eigenvalue weighted by Gasteiger charge is -2.18. The van der Waals surface area contributed by atoms with Crippen molar-refractivity contribution in [1.29, 1.82) is 0 Å². The molecule has 0 amide bonds. The molecule has 0 aliphatic heterocycles. The highest BCUT2D eigenvalue weighted by Crippen LogP contribution is 2.31. The van der Waals surface area contributed by atoms with Crippen LogP contribution in [0.15, 0.2) is 10.7 Å². The van der Waals surface area contributed by atoms with Crippen molar-refractivity contribution >= 4 is 0 Å². The van der Waals surface area contributed by atoms with E-state index in [9.17, 15) is 0 Å². The minimum Gasteiger partial charge on any atom is -0.361 e. The summed E-state index contributed by atoms with van der Waals surface area (Å²) >= 11 is 0. The summed E-state index contributed by atoms with van der Waals surface area (Å²) in [5.41, 5.74) is 3.19. The maximum Gasteiger partial charge on any atom is 0.138 e. The van der Waals surface area contributed by atoms with Gasteiger partial charge in [0, 0.05) is 17.7 Å². The number of hydrogen-bond donors (Lipinski definition) is 0. The molecule has 5 heteroatoms. The molecule has 19 heavy (non-hydrogen) atoms. The van der Waals surface area contributed by atoms with E-state index in [4.69, 9.17) is 4.52 Å². The molecule has 0 atom stereocenters. The molecular formula is C14H20N4O. The average Bonchev–Trinajstić information content (AvgIpc) is 3.02. The fourth-order valence-corrected chi connectivity index (χ4v) is 2.87. The van der Waals surface area contributed by atoms with Crippen molar-refractivity contribution in [3.63, 3.8) is 0 Å². The summed E-state index contributed by atoms with van der Waals surface area (Å²) in [6, 6.07) is 0. The molecule has 1 aliphatic rings. The maximum atomic E-state index is 5.18. The largest absolute Gasteiger partial charge is 0.361 e. The lowest BCUT2D eigenvalue weighted by Crippen LogP contribution is -2.05. The summed E-state index contributed by atoms with van der Waals surface area (Å²) in [5, 5.41) is 12.6. The molecule has 3 rings (SSSR count). The van der Waals surface area contributed by atoms with E-state index in [1.54, 1.807) is 0 Å². The van der Waals surface area contributed by atoms with Crippen molar-refractivity contribution in [2.75, 3.05) is 0 Å². The van der Waals surface area contributed by atoms with Gasteiger partial charge < -0.3 is 4.52 Å². The Balaban J connectivity index is 1.74. The van der Waals surface area contributed by atoms with Gasteiger partial charge in [-0.3, -0.25) is 0 Å². The van der Waals surface area contributed by atoms with Gasteiger partial charge in [0.05, 0.1) is 17.9 Å². The van der Waals surface area contributed by atoms with Crippen LogP contribution >= 0.6 is 0 Å². The third-order valence-corrected chi connectivity index (χ3v) is 4.08. The van der Waals surface area contributed by atoms with Gasteiger partial charge in [-0.25, -0.2) is 4.68 Å². The molecule has 102 valence electrons. The van der Waals surface area contributed by atoms with Crippen LogP contribution in [-0.2, 0) is 6.54 Å². The van der Waals surface area contributed by atoms with Gasteiger partial charge in [-0.1, -0.05) is 29.6 Å². The van der Waals surface area contributed by atoms with Crippen LogP contribution in [0.5, 0.6) is 0 Å². The zero-order valence-corrected chi connectivity index (χ0v) is 11.6. The third-order valence-electron chi connectivity index (χ3n) is 4.08. The molecular weight excluding hydrogens is 240 g/mol. The Kier molecular flexibility index (Phi) is 3.36. The number of aryl methyl sites for hydroxylation is 2. The van der Waals surface area contributed by atoms with Gasteiger partial charge in [0.2, 0.25) is 0 Å². The molecule has 0 aromatic carbocycles. The van der Waals surface area contributed by atoms with Crippen LogP contribution in [0.3, 0.4) is 0 Å². The molecule has 2 aromatic rings. The second-order valence-electron chi connectivity index (χ2n) is 5.48. The van der Waals surface area contributed by atoms with Crippen LogP contribution in [-0.4, -0.2) is 20.2 Å². The summed E-state index contributed by atoms with van der Waals surface area (Å²) in [5.74, 6) is 1.47. The maximum absolute atomic E-state index is 5.18. The van der Waals surface area contributed by atoms with Crippen molar-refractivity contribution in [2.45, 2.75) is 58.4 Å². The minimum atomic E-state index is 0.604. The first-order valence-corrected chi connectivity index (χ1v) is 7.06. The van der Waals surface area contributed by atoms with E-state index in [0.717, 1.165) is 22.7 Å². The zero-order valence-electron chi connectivity index (χ0n) is 11.6. The summed E-state index contributed by atoms with van der Waals surface area (Å²) in [6.45, 7) is 4.60. The Bertz CT molecular complexity index is 532. The van der Waals surface area contributed by atoms with E-state index in [0.29, 0.717) is 12.5 Å². The average molecular weight is 260 g/mol. The fourth-order valence-electron chi connectivity index (χ4n) is 2.87. The van der Waals surface area contributed by atoms with Gasteiger partial charge in [0.25, 0.3) is 0 Å². The van der Waals surface area contributed by atoms with Gasteiger partial charge in [-0.05, 0) is 26.7 Å². The second-order valence-corrected chi connectivity index (χ2v) is 5.48. The van der Waals surface area contributed by atoms with Gasteiger partial charge >= 0.3 is 0 Å². The molecule has 1 saturated carbocycles. The van der Waals surface area contributed by atoms with Crippen molar-refractivity contribution in [1.82, 2.24) is 20.2 Å². The zero-order chi connectivity index (χ0) is 13.2. The Morgan fingerprint density at radius 3 is 2.74 bits per heavy atom. The molecule has 1 fully saturated rings. The van der Waals surface area contributed by atoms with Crippen LogP contribution < -0.4 is 0 Å². The topological polar surface area (TPSA) is 56.7 Å². The Morgan fingerprint density at radius 2 is 2.05 bits per heavy atom. The first kappa shape index (κ1) is 12.4. The first-order chi connectivity index (χ1) is 9.24. The number of hydrogen-bond acceptors (Lipinski definition) is 4. The van der Waals surface area contributed by atoms with Crippen molar-refractivity contribution in [3.05, 3.63) is 28.9 Å². The Morgan fingerprint density at radius 1 is 1.26 bits per heavy atom. The molecule has 2 aromatic heterocycles. The van der Waals surface area contributed by atoms with Gasteiger partial charge in [0.1, 0.15) is 5.76 Å². The van der Waals surface area contributed by atoms with Crippen molar-refractivity contribution in [3.8, 4) is 0 Å². The van der Waals surface area contributed by atoms with Crippen LogP contribution in [0.25, 0.3) is 0 Å². The second kappa shape index (κ2) is 5.15. The van der Waals surface area contributed by atoms with Crippen LogP contribution in [0.4, 0.5) is 0 Å². The van der Waals surface area contributed by atoms with Gasteiger partial charge in [-0.2, -0.15) is 0 Å². The smallest absolute Gasteiger partial charge is 0.138 e. The van der Waals surface area contributed by atoms with E-state index in [1.807, 2.05) is 18.5 Å². The van der Waals surface area contributed by atoms with E-state index >= 15 is 0 Å². The summed E-state index contributed by atoms with van der Waals surface area (Å²) in [4.78, 5) is 0. The van der Waals surface area contributed by atoms with E-state index in [-0.39, 0.29) is 0 Å². The highest BCUT2D eigenvalue weighted by molar-refractivity contribution is 5.21. The van der Waals surface area contributed by atoms with Crippen LogP contribution in [0, 0.1) is 13.8 Å². The monoisotopic (exact) mass is 260 g/mol. The summed E-state index contributed by atoms with van der Waals surface area (Å²) in [6.07, 6.45) is 8.60. The first-order valence-electron chi connectivity index (χ1n) is 7.06. The van der Waals surface area contributed by atoms with Crippen molar-refractivity contribution < 1.29 is 4.52 Å². The Hall–Kier alpha value is -1.65. The predicted molar refractivity (Wildman–Crippen MR) is 70.9 cm³/mol. The summed E-state index contributed by atoms with van der Waals surface area (Å²) < 4.78 is 7.08. The molecule has 0 radical (unpaired) electrons. The number of aromatic nitrogens is 4. The van der Waals surface area contributed by atoms with E-state index in [2.05, 4.69) is 21.7 Å². The van der Waals surface area contributed by atoms with E-state index in [1.165, 1.54) is 32.1 Å². The minimum absolute atomic E-state index is 0.604. The quantitative estimate of drug-likeness (QED) is 0.851. The normalized spacial score (nSPS) is 16.9. The molecule has 5 nitrogen and oxygen atoms in total. The van der Waals surface area contributed by atoms with Gasteiger partial charge in [-0.15, -0.1) is 5.10 Å². The van der Waals surface area contributed by atoms with Crippen molar-refractivity contribution in [2.24, 2.45) is 0 Å². The molecule has 1 aliphatic carbocycles. The SMILES string of the molecule is Cc1noc(C)c1Cn1cc(C2CCCCC2)nn1. The number of rotatable bonds is 3. The lowest BCUT2D eigenvalue weighted by atomic mass is 9.87. The van der Waals surface area contributed by atoms with Crippen LogP contribution in [0.2, 0.25) is 0 Å². The molecule has 2 heterocycles. The molecule has 0 bridgehead atoms. The lowest BCUT2D eigenvalue weighted by molar-refractivity contribution is 0.391. The standard InChI is InChI=1S/C14H20N4O/c1-10-13(11(2)19-16-10)8-18-9-14(15-17-18)12-6-4-3-5-7-12/h9,12H,3-8H2,1-2H3. The predicted octanol–water partition coefficient (Wildman–Crippen LogP) is 2.98. The summed E-state index contributed by atoms with van der Waals surface area (Å²) in [7, 11) is 0. The highest BCUT2D eigenvalue weighted by atomic mass is 16.5.